The number of carbonyl (C=O) groups is 1. The average Bonchev–Trinajstić information content (AvgIpc) is 3.10. The standard InChI is InChI=1S/C18H17BrFNO3S/c19-17-10-12(20)8-9-16(17)18(22)21-13-4-3-7-15(11-13)25(23,24)14-5-1-2-6-14/h3-4,7-11,14H,1-2,5-6H2,(H,21,22). The Morgan fingerprint density at radius 1 is 1.12 bits per heavy atom. The molecule has 0 aromatic heterocycles. The number of hydrogen-bond donors (Lipinski definition) is 1. The number of sulfone groups is 1. The van der Waals surface area contributed by atoms with Crippen molar-refractivity contribution in [2.75, 3.05) is 5.32 Å². The molecule has 132 valence electrons. The molecule has 1 N–H and O–H groups in total. The molecule has 0 atom stereocenters. The Morgan fingerprint density at radius 2 is 1.84 bits per heavy atom. The van der Waals surface area contributed by atoms with Crippen molar-refractivity contribution >= 4 is 37.4 Å². The van der Waals surface area contributed by atoms with Gasteiger partial charge in [0.25, 0.3) is 5.91 Å². The van der Waals surface area contributed by atoms with Crippen molar-refractivity contribution in [3.8, 4) is 0 Å². The van der Waals surface area contributed by atoms with Crippen LogP contribution in [-0.2, 0) is 9.84 Å². The molecule has 1 amide bonds. The summed E-state index contributed by atoms with van der Waals surface area (Å²) >= 11 is 3.16. The molecule has 1 aliphatic rings. The van der Waals surface area contributed by atoms with Gasteiger partial charge < -0.3 is 5.32 Å². The van der Waals surface area contributed by atoms with E-state index in [1.54, 1.807) is 18.2 Å². The Hall–Kier alpha value is -1.73. The van der Waals surface area contributed by atoms with Crippen molar-refractivity contribution in [2.24, 2.45) is 0 Å². The summed E-state index contributed by atoms with van der Waals surface area (Å²) in [5, 5.41) is 2.32. The van der Waals surface area contributed by atoms with Crippen molar-refractivity contribution in [2.45, 2.75) is 35.8 Å². The van der Waals surface area contributed by atoms with Crippen LogP contribution in [0.4, 0.5) is 10.1 Å². The lowest BCUT2D eigenvalue weighted by atomic mass is 10.2. The summed E-state index contributed by atoms with van der Waals surface area (Å²) in [5.41, 5.74) is 0.658. The number of halogens is 2. The zero-order valence-corrected chi connectivity index (χ0v) is 15.7. The molecule has 0 heterocycles. The average molecular weight is 426 g/mol. The maximum absolute atomic E-state index is 13.1. The van der Waals surface area contributed by atoms with Crippen molar-refractivity contribution in [3.05, 3.63) is 58.3 Å². The van der Waals surface area contributed by atoms with E-state index in [0.717, 1.165) is 12.8 Å². The van der Waals surface area contributed by atoms with Gasteiger partial charge in [0.15, 0.2) is 9.84 Å². The van der Waals surface area contributed by atoms with Gasteiger partial charge in [0.05, 0.1) is 15.7 Å². The summed E-state index contributed by atoms with van der Waals surface area (Å²) in [6.07, 6.45) is 3.22. The van der Waals surface area contributed by atoms with Crippen LogP contribution in [0.1, 0.15) is 36.0 Å². The first-order valence-corrected chi connectivity index (χ1v) is 10.3. The van der Waals surface area contributed by atoms with Crippen LogP contribution in [0.25, 0.3) is 0 Å². The lowest BCUT2D eigenvalue weighted by Crippen LogP contribution is -2.18. The van der Waals surface area contributed by atoms with Gasteiger partial charge in [-0.1, -0.05) is 18.9 Å². The van der Waals surface area contributed by atoms with Gasteiger partial charge in [-0.05, 0) is 65.2 Å². The molecule has 4 nitrogen and oxygen atoms in total. The van der Waals surface area contributed by atoms with E-state index in [1.165, 1.54) is 24.3 Å². The summed E-state index contributed by atoms with van der Waals surface area (Å²) in [7, 11) is -3.39. The second-order valence-corrected chi connectivity index (χ2v) is 9.14. The third kappa shape index (κ3) is 3.93. The normalized spacial score (nSPS) is 15.3. The first kappa shape index (κ1) is 18.1. The molecule has 2 aromatic rings. The van der Waals surface area contributed by atoms with Gasteiger partial charge in [-0.15, -0.1) is 0 Å². The highest BCUT2D eigenvalue weighted by Crippen LogP contribution is 2.30. The Kier molecular flexibility index (Phi) is 5.24. The van der Waals surface area contributed by atoms with E-state index in [-0.39, 0.29) is 15.7 Å². The molecule has 0 bridgehead atoms. The summed E-state index contributed by atoms with van der Waals surface area (Å²) in [4.78, 5) is 12.6. The van der Waals surface area contributed by atoms with Crippen LogP contribution in [0.5, 0.6) is 0 Å². The first-order chi connectivity index (χ1) is 11.9. The molecule has 1 aliphatic carbocycles. The molecule has 0 radical (unpaired) electrons. The number of hydrogen-bond acceptors (Lipinski definition) is 3. The van der Waals surface area contributed by atoms with E-state index in [2.05, 4.69) is 21.2 Å². The van der Waals surface area contributed by atoms with Crippen LogP contribution in [0.2, 0.25) is 0 Å². The number of carbonyl (C=O) groups excluding carboxylic acids is 1. The molecule has 1 fully saturated rings. The lowest BCUT2D eigenvalue weighted by Gasteiger charge is -2.13. The Bertz CT molecular complexity index is 908. The molecule has 7 heteroatoms. The minimum Gasteiger partial charge on any atom is -0.322 e. The quantitative estimate of drug-likeness (QED) is 0.780. The fourth-order valence-electron chi connectivity index (χ4n) is 3.01. The third-order valence-electron chi connectivity index (χ3n) is 4.34. The highest BCUT2D eigenvalue weighted by atomic mass is 79.9. The first-order valence-electron chi connectivity index (χ1n) is 7.98. The SMILES string of the molecule is O=C(Nc1cccc(S(=O)(=O)C2CCCC2)c1)c1ccc(F)cc1Br. The Balaban J connectivity index is 1.83. The smallest absolute Gasteiger partial charge is 0.256 e. The summed E-state index contributed by atoms with van der Waals surface area (Å²) in [6.45, 7) is 0. The largest absolute Gasteiger partial charge is 0.322 e. The van der Waals surface area contributed by atoms with E-state index in [9.17, 15) is 17.6 Å². The van der Waals surface area contributed by atoms with E-state index in [0.29, 0.717) is 23.0 Å². The summed E-state index contributed by atoms with van der Waals surface area (Å²) in [6, 6.07) is 10.0. The third-order valence-corrected chi connectivity index (χ3v) is 7.25. The fraction of sp³-hybridized carbons (Fsp3) is 0.278. The maximum atomic E-state index is 13.1. The van der Waals surface area contributed by atoms with Crippen molar-refractivity contribution < 1.29 is 17.6 Å². The monoisotopic (exact) mass is 425 g/mol. The van der Waals surface area contributed by atoms with E-state index in [4.69, 9.17) is 0 Å². The van der Waals surface area contributed by atoms with Crippen LogP contribution in [0.3, 0.4) is 0 Å². The van der Waals surface area contributed by atoms with Crippen LogP contribution in [0, 0.1) is 5.82 Å². The minimum absolute atomic E-state index is 0.218. The molecule has 25 heavy (non-hydrogen) atoms. The van der Waals surface area contributed by atoms with Crippen LogP contribution in [0.15, 0.2) is 51.8 Å². The molecular weight excluding hydrogens is 409 g/mol. The molecule has 0 aliphatic heterocycles. The zero-order chi connectivity index (χ0) is 18.0. The number of nitrogens with one attached hydrogen (secondary N) is 1. The van der Waals surface area contributed by atoms with Gasteiger partial charge in [0.1, 0.15) is 5.82 Å². The number of rotatable bonds is 4. The Labute approximate surface area is 154 Å². The molecule has 0 spiro atoms. The molecule has 0 unspecified atom stereocenters. The molecule has 1 saturated carbocycles. The predicted octanol–water partition coefficient (Wildman–Crippen LogP) is 4.56. The molecule has 3 rings (SSSR count). The Morgan fingerprint density at radius 3 is 2.52 bits per heavy atom. The van der Waals surface area contributed by atoms with Crippen molar-refractivity contribution in [1.29, 1.82) is 0 Å². The maximum Gasteiger partial charge on any atom is 0.256 e. The molecule has 2 aromatic carbocycles. The topological polar surface area (TPSA) is 63.2 Å². The van der Waals surface area contributed by atoms with Gasteiger partial charge in [-0.3, -0.25) is 4.79 Å². The second kappa shape index (κ2) is 7.25. The minimum atomic E-state index is -3.39. The number of amides is 1. The van der Waals surface area contributed by atoms with Crippen LogP contribution in [-0.4, -0.2) is 19.6 Å². The van der Waals surface area contributed by atoms with Gasteiger partial charge >= 0.3 is 0 Å². The van der Waals surface area contributed by atoms with Crippen molar-refractivity contribution in [1.82, 2.24) is 0 Å². The molecular formula is C18H17BrFNO3S. The van der Waals surface area contributed by atoms with E-state index < -0.39 is 21.6 Å². The van der Waals surface area contributed by atoms with Gasteiger partial charge in [-0.25, -0.2) is 12.8 Å². The fourth-order valence-corrected chi connectivity index (χ4v) is 5.44. The lowest BCUT2D eigenvalue weighted by molar-refractivity contribution is 0.102. The van der Waals surface area contributed by atoms with Gasteiger partial charge in [0, 0.05) is 10.2 Å². The summed E-state index contributed by atoms with van der Waals surface area (Å²) < 4.78 is 38.8. The highest BCUT2D eigenvalue weighted by molar-refractivity contribution is 9.10. The van der Waals surface area contributed by atoms with E-state index in [1.807, 2.05) is 0 Å². The number of benzene rings is 2. The zero-order valence-electron chi connectivity index (χ0n) is 13.3. The number of anilines is 1. The van der Waals surface area contributed by atoms with E-state index >= 15 is 0 Å². The highest BCUT2D eigenvalue weighted by Gasteiger charge is 2.30. The van der Waals surface area contributed by atoms with Gasteiger partial charge in [-0.2, -0.15) is 0 Å². The van der Waals surface area contributed by atoms with Crippen LogP contribution >= 0.6 is 15.9 Å². The van der Waals surface area contributed by atoms with Gasteiger partial charge in [0.2, 0.25) is 0 Å². The predicted molar refractivity (Wildman–Crippen MR) is 97.9 cm³/mol. The van der Waals surface area contributed by atoms with Crippen LogP contribution < -0.4 is 5.32 Å². The molecule has 0 saturated heterocycles. The van der Waals surface area contributed by atoms with Crippen molar-refractivity contribution in [3.63, 3.8) is 0 Å². The second-order valence-electron chi connectivity index (χ2n) is 6.06. The summed E-state index contributed by atoms with van der Waals surface area (Å²) in [5.74, 6) is -0.893.